The van der Waals surface area contributed by atoms with Crippen LogP contribution in [0.1, 0.15) is 38.1 Å². The van der Waals surface area contributed by atoms with Crippen molar-refractivity contribution < 1.29 is 9.59 Å². The molecule has 27 heavy (non-hydrogen) atoms. The van der Waals surface area contributed by atoms with Crippen molar-refractivity contribution >= 4 is 45.1 Å². The Morgan fingerprint density at radius 1 is 1.07 bits per heavy atom. The molecule has 138 valence electrons. The Hall–Kier alpha value is -2.45. The van der Waals surface area contributed by atoms with Gasteiger partial charge < -0.3 is 0 Å². The predicted molar refractivity (Wildman–Crippen MR) is 107 cm³/mol. The van der Waals surface area contributed by atoms with E-state index in [1.165, 1.54) is 28.0 Å². The summed E-state index contributed by atoms with van der Waals surface area (Å²) in [7, 11) is 0. The Bertz CT molecular complexity index is 1130. The summed E-state index contributed by atoms with van der Waals surface area (Å²) >= 11 is 2.72. The smallest absolute Gasteiger partial charge is 0.263 e. The Labute approximate surface area is 163 Å². The van der Waals surface area contributed by atoms with Crippen LogP contribution in [0.2, 0.25) is 0 Å². The molecule has 0 bridgehead atoms. The minimum atomic E-state index is -0.308. The number of carbonyl (C=O) groups excluding carboxylic acids is 2. The summed E-state index contributed by atoms with van der Waals surface area (Å²) in [4.78, 5) is 45.5. The van der Waals surface area contributed by atoms with E-state index in [-0.39, 0.29) is 23.3 Å². The second-order valence-corrected chi connectivity index (χ2v) is 8.38. The Balaban J connectivity index is 1.68. The van der Waals surface area contributed by atoms with Crippen LogP contribution in [0.5, 0.6) is 0 Å². The first kappa shape index (κ1) is 17.9. The topological polar surface area (TPSA) is 72.3 Å². The zero-order valence-electron chi connectivity index (χ0n) is 15.1. The van der Waals surface area contributed by atoms with Gasteiger partial charge in [0.2, 0.25) is 0 Å². The van der Waals surface area contributed by atoms with Crippen molar-refractivity contribution in [3.05, 3.63) is 56.2 Å². The fourth-order valence-electron chi connectivity index (χ4n) is 3.18. The maximum absolute atomic E-state index is 12.9. The first-order chi connectivity index (χ1) is 12.9. The van der Waals surface area contributed by atoms with E-state index in [2.05, 4.69) is 4.98 Å². The van der Waals surface area contributed by atoms with E-state index in [1.54, 1.807) is 28.8 Å². The first-order valence-corrected chi connectivity index (χ1v) is 10.3. The fraction of sp³-hybridized carbons (Fsp3) is 0.263. The van der Waals surface area contributed by atoms with Crippen LogP contribution >= 0.6 is 23.1 Å². The number of amides is 2. The van der Waals surface area contributed by atoms with Gasteiger partial charge in [0.25, 0.3) is 17.4 Å². The van der Waals surface area contributed by atoms with Gasteiger partial charge in [-0.3, -0.25) is 23.9 Å². The van der Waals surface area contributed by atoms with Crippen molar-refractivity contribution in [3.8, 4) is 0 Å². The molecule has 2 amide bonds. The third-order valence-corrected chi connectivity index (χ3v) is 6.83. The van der Waals surface area contributed by atoms with Crippen LogP contribution < -0.4 is 5.56 Å². The van der Waals surface area contributed by atoms with Crippen LogP contribution in [0.25, 0.3) is 10.2 Å². The molecule has 0 saturated carbocycles. The third-order valence-electron chi connectivity index (χ3n) is 4.77. The van der Waals surface area contributed by atoms with Gasteiger partial charge in [0.1, 0.15) is 4.83 Å². The van der Waals surface area contributed by atoms with E-state index >= 15 is 0 Å². The maximum Gasteiger partial charge on any atom is 0.263 e. The third kappa shape index (κ3) is 2.71. The lowest BCUT2D eigenvalue weighted by atomic mass is 10.1. The number of thioether (sulfide) groups is 1. The largest absolute Gasteiger partial charge is 0.287 e. The molecule has 2 aromatic heterocycles. The SMILES string of the molecule is CCn1c(SCN2C(=O)c3ccccc3C2=O)nc2sc(C)c(C)c2c1=O. The molecule has 0 fully saturated rings. The number of benzene rings is 1. The monoisotopic (exact) mass is 399 g/mol. The summed E-state index contributed by atoms with van der Waals surface area (Å²) in [6.45, 7) is 6.27. The number of nitrogens with zero attached hydrogens (tertiary/aromatic N) is 3. The first-order valence-electron chi connectivity index (χ1n) is 8.52. The average molecular weight is 399 g/mol. The number of imide groups is 1. The molecule has 4 rings (SSSR count). The Morgan fingerprint density at radius 2 is 1.70 bits per heavy atom. The number of hydrogen-bond donors (Lipinski definition) is 0. The molecular formula is C19H17N3O3S2. The van der Waals surface area contributed by atoms with Gasteiger partial charge in [-0.1, -0.05) is 23.9 Å². The van der Waals surface area contributed by atoms with Gasteiger partial charge in [-0.15, -0.1) is 11.3 Å². The number of hydrogen-bond acceptors (Lipinski definition) is 6. The zero-order chi connectivity index (χ0) is 19.3. The van der Waals surface area contributed by atoms with Gasteiger partial charge in [0.05, 0.1) is 22.4 Å². The molecule has 3 heterocycles. The van der Waals surface area contributed by atoms with Crippen LogP contribution in [0, 0.1) is 13.8 Å². The van der Waals surface area contributed by atoms with Crippen LogP contribution in [-0.4, -0.2) is 32.1 Å². The molecular weight excluding hydrogens is 382 g/mol. The number of rotatable bonds is 4. The zero-order valence-corrected chi connectivity index (χ0v) is 16.7. The van der Waals surface area contributed by atoms with Crippen LogP contribution in [-0.2, 0) is 6.54 Å². The number of fused-ring (bicyclic) bond motifs is 2. The molecule has 1 aliphatic rings. The molecule has 0 saturated heterocycles. The molecule has 8 heteroatoms. The van der Waals surface area contributed by atoms with E-state index < -0.39 is 0 Å². The molecule has 0 radical (unpaired) electrons. The molecule has 1 aromatic carbocycles. The molecule has 0 spiro atoms. The van der Waals surface area contributed by atoms with Crippen LogP contribution in [0.3, 0.4) is 0 Å². The lowest BCUT2D eigenvalue weighted by Gasteiger charge is -2.15. The summed E-state index contributed by atoms with van der Waals surface area (Å²) in [6, 6.07) is 6.80. The molecule has 0 aliphatic carbocycles. The minimum Gasteiger partial charge on any atom is -0.287 e. The second-order valence-electron chi connectivity index (χ2n) is 6.26. The maximum atomic E-state index is 12.9. The highest BCUT2D eigenvalue weighted by Crippen LogP contribution is 2.30. The van der Waals surface area contributed by atoms with Crippen LogP contribution in [0.4, 0.5) is 0 Å². The predicted octanol–water partition coefficient (Wildman–Crippen LogP) is 3.44. The van der Waals surface area contributed by atoms with Gasteiger partial charge in [-0.2, -0.15) is 0 Å². The second kappa shape index (κ2) is 6.61. The van der Waals surface area contributed by atoms with E-state index in [1.807, 2.05) is 20.8 Å². The van der Waals surface area contributed by atoms with E-state index in [4.69, 9.17) is 0 Å². The van der Waals surface area contributed by atoms with Gasteiger partial charge in [0, 0.05) is 11.4 Å². The van der Waals surface area contributed by atoms with Crippen molar-refractivity contribution in [3.63, 3.8) is 0 Å². The highest BCUT2D eigenvalue weighted by Gasteiger charge is 2.35. The number of carbonyl (C=O) groups is 2. The van der Waals surface area contributed by atoms with Gasteiger partial charge in [0.15, 0.2) is 5.16 Å². The molecule has 0 N–H and O–H groups in total. The quantitative estimate of drug-likeness (QED) is 0.382. The summed E-state index contributed by atoms with van der Waals surface area (Å²) in [5.74, 6) is -0.497. The molecule has 0 atom stereocenters. The van der Waals surface area contributed by atoms with E-state index in [0.29, 0.717) is 33.0 Å². The van der Waals surface area contributed by atoms with Gasteiger partial charge in [-0.25, -0.2) is 4.98 Å². The molecule has 3 aromatic rings. The normalized spacial score (nSPS) is 13.7. The van der Waals surface area contributed by atoms with Crippen molar-refractivity contribution in [2.75, 3.05) is 5.88 Å². The average Bonchev–Trinajstić information content (AvgIpc) is 3.08. The standard InChI is InChI=1S/C19H17N3O3S2/c1-4-21-18(25)14-10(2)11(3)27-15(14)20-19(21)26-9-22-16(23)12-7-5-6-8-13(12)17(22)24/h5-8H,4,9H2,1-3H3. The minimum absolute atomic E-state index is 0.0748. The fourth-order valence-corrected chi connectivity index (χ4v) is 5.26. The molecule has 0 unspecified atom stereocenters. The number of thiophene rings is 1. The van der Waals surface area contributed by atoms with Crippen LogP contribution in [0.15, 0.2) is 34.2 Å². The Morgan fingerprint density at radius 3 is 2.30 bits per heavy atom. The highest BCUT2D eigenvalue weighted by molar-refractivity contribution is 7.99. The van der Waals surface area contributed by atoms with Gasteiger partial charge in [-0.05, 0) is 38.5 Å². The summed E-state index contributed by atoms with van der Waals surface area (Å²) in [6.07, 6.45) is 0. The highest BCUT2D eigenvalue weighted by atomic mass is 32.2. The lowest BCUT2D eigenvalue weighted by Crippen LogP contribution is -2.30. The molecule has 6 nitrogen and oxygen atoms in total. The summed E-state index contributed by atoms with van der Waals surface area (Å²) in [5, 5.41) is 1.18. The number of aromatic nitrogens is 2. The van der Waals surface area contributed by atoms with Crippen molar-refractivity contribution in [2.24, 2.45) is 0 Å². The van der Waals surface area contributed by atoms with Crippen molar-refractivity contribution in [1.82, 2.24) is 14.5 Å². The summed E-state index contributed by atoms with van der Waals surface area (Å²) < 4.78 is 1.60. The van der Waals surface area contributed by atoms with E-state index in [0.717, 1.165) is 10.4 Å². The van der Waals surface area contributed by atoms with Gasteiger partial charge >= 0.3 is 0 Å². The van der Waals surface area contributed by atoms with E-state index in [9.17, 15) is 14.4 Å². The lowest BCUT2D eigenvalue weighted by molar-refractivity contribution is 0.0684. The van der Waals surface area contributed by atoms with Crippen molar-refractivity contribution in [2.45, 2.75) is 32.5 Å². The van der Waals surface area contributed by atoms with Crippen molar-refractivity contribution in [1.29, 1.82) is 0 Å². The molecule has 1 aliphatic heterocycles. The summed E-state index contributed by atoms with van der Waals surface area (Å²) in [5.41, 5.74) is 1.73. The number of aryl methyl sites for hydroxylation is 2. The Kier molecular flexibility index (Phi) is 4.39.